The molecule has 1 amide bonds. The third-order valence-electron chi connectivity index (χ3n) is 4.52. The van der Waals surface area contributed by atoms with Crippen LogP contribution in [0.1, 0.15) is 37.2 Å². The predicted octanol–water partition coefficient (Wildman–Crippen LogP) is 2.84. The molecule has 0 saturated carbocycles. The number of aromatic nitrogens is 2. The minimum Gasteiger partial charge on any atom is -0.355 e. The Bertz CT molecular complexity index is 955. The number of hydrogen-bond acceptors (Lipinski definition) is 4. The van der Waals surface area contributed by atoms with Crippen molar-refractivity contribution in [1.29, 1.82) is 0 Å². The molecule has 29 heavy (non-hydrogen) atoms. The predicted molar refractivity (Wildman–Crippen MR) is 115 cm³/mol. The van der Waals surface area contributed by atoms with Crippen LogP contribution in [0, 0.1) is 19.8 Å². The van der Waals surface area contributed by atoms with Crippen LogP contribution in [0.3, 0.4) is 0 Å². The molecule has 2 N–H and O–H groups in total. The number of hydrogen-bond donors (Lipinski definition) is 2. The molecule has 1 heterocycles. The number of nitrogens with one attached hydrogen (secondary N) is 2. The van der Waals surface area contributed by atoms with Gasteiger partial charge in [0, 0.05) is 36.8 Å². The standard InChI is InChI=1S/C20H29ClN4O3S/c1-14(2)13-25-16(4)19(15(3)24-25)8-9-20(26)22-10-11-23-29(27,28)18-7-5-6-17(21)12-18/h5-7,12,14,23H,8-11,13H2,1-4H3,(H,22,26). The lowest BCUT2D eigenvalue weighted by atomic mass is 10.1. The molecule has 0 saturated heterocycles. The van der Waals surface area contributed by atoms with Crippen molar-refractivity contribution in [2.24, 2.45) is 5.92 Å². The van der Waals surface area contributed by atoms with Crippen molar-refractivity contribution in [2.75, 3.05) is 13.1 Å². The van der Waals surface area contributed by atoms with Gasteiger partial charge < -0.3 is 5.32 Å². The van der Waals surface area contributed by atoms with Crippen molar-refractivity contribution in [3.63, 3.8) is 0 Å². The Balaban J connectivity index is 1.79. The molecular formula is C20H29ClN4O3S. The monoisotopic (exact) mass is 440 g/mol. The van der Waals surface area contributed by atoms with Crippen molar-refractivity contribution >= 4 is 27.5 Å². The highest BCUT2D eigenvalue weighted by Crippen LogP contribution is 2.17. The molecule has 1 aromatic heterocycles. The normalized spacial score (nSPS) is 11.8. The SMILES string of the molecule is Cc1nn(CC(C)C)c(C)c1CCC(=O)NCCNS(=O)(=O)c1cccc(Cl)c1. The van der Waals surface area contributed by atoms with Crippen molar-refractivity contribution in [2.45, 2.75) is 52.0 Å². The number of rotatable bonds is 10. The molecule has 0 aliphatic carbocycles. The van der Waals surface area contributed by atoms with Crippen LogP contribution in [-0.4, -0.2) is 37.2 Å². The van der Waals surface area contributed by atoms with Crippen LogP contribution in [0.5, 0.6) is 0 Å². The van der Waals surface area contributed by atoms with E-state index in [0.717, 1.165) is 23.5 Å². The van der Waals surface area contributed by atoms with E-state index in [1.807, 2.05) is 18.5 Å². The zero-order chi connectivity index (χ0) is 21.6. The highest BCUT2D eigenvalue weighted by atomic mass is 35.5. The third-order valence-corrected chi connectivity index (χ3v) is 6.21. The molecule has 0 aliphatic rings. The Hall–Kier alpha value is -1.90. The Morgan fingerprint density at radius 3 is 2.62 bits per heavy atom. The molecule has 0 radical (unpaired) electrons. The second-order valence-electron chi connectivity index (χ2n) is 7.43. The number of nitrogens with zero attached hydrogens (tertiary/aromatic N) is 2. The van der Waals surface area contributed by atoms with E-state index >= 15 is 0 Å². The van der Waals surface area contributed by atoms with E-state index in [1.165, 1.54) is 12.1 Å². The van der Waals surface area contributed by atoms with Crippen LogP contribution >= 0.6 is 11.6 Å². The van der Waals surface area contributed by atoms with Gasteiger partial charge in [-0.3, -0.25) is 9.48 Å². The molecular weight excluding hydrogens is 412 g/mol. The number of benzene rings is 1. The van der Waals surface area contributed by atoms with Gasteiger partial charge in [-0.05, 0) is 49.9 Å². The number of aryl methyl sites for hydroxylation is 1. The van der Waals surface area contributed by atoms with E-state index in [0.29, 0.717) is 23.8 Å². The average molecular weight is 441 g/mol. The highest BCUT2D eigenvalue weighted by molar-refractivity contribution is 7.89. The summed E-state index contributed by atoms with van der Waals surface area (Å²) in [6.07, 6.45) is 0.936. The molecule has 1 aromatic carbocycles. The van der Waals surface area contributed by atoms with E-state index in [-0.39, 0.29) is 23.9 Å². The number of amides is 1. The van der Waals surface area contributed by atoms with Gasteiger partial charge in [0.05, 0.1) is 10.6 Å². The first kappa shape index (κ1) is 23.4. The fraction of sp³-hybridized carbons (Fsp3) is 0.500. The first-order chi connectivity index (χ1) is 13.6. The second kappa shape index (κ2) is 10.2. The maximum absolute atomic E-state index is 12.2. The maximum Gasteiger partial charge on any atom is 0.240 e. The van der Waals surface area contributed by atoms with Crippen molar-refractivity contribution in [1.82, 2.24) is 19.8 Å². The number of sulfonamides is 1. The van der Waals surface area contributed by atoms with E-state index in [9.17, 15) is 13.2 Å². The first-order valence-electron chi connectivity index (χ1n) is 9.65. The molecule has 0 atom stereocenters. The molecule has 0 aliphatic heterocycles. The Labute approximate surface area is 177 Å². The van der Waals surface area contributed by atoms with Crippen LogP contribution in [0.15, 0.2) is 29.2 Å². The van der Waals surface area contributed by atoms with Crippen molar-refractivity contribution in [3.8, 4) is 0 Å². The van der Waals surface area contributed by atoms with Crippen LogP contribution in [-0.2, 0) is 27.8 Å². The van der Waals surface area contributed by atoms with Gasteiger partial charge in [-0.1, -0.05) is 31.5 Å². The lowest BCUT2D eigenvalue weighted by Crippen LogP contribution is -2.34. The number of halogens is 1. The van der Waals surface area contributed by atoms with Gasteiger partial charge in [0.2, 0.25) is 15.9 Å². The lowest BCUT2D eigenvalue weighted by Gasteiger charge is -2.09. The largest absolute Gasteiger partial charge is 0.355 e. The summed E-state index contributed by atoms with van der Waals surface area (Å²) in [7, 11) is -3.65. The van der Waals surface area contributed by atoms with Gasteiger partial charge >= 0.3 is 0 Å². The molecule has 0 unspecified atom stereocenters. The van der Waals surface area contributed by atoms with Gasteiger partial charge in [0.25, 0.3) is 0 Å². The van der Waals surface area contributed by atoms with Gasteiger partial charge in [0.15, 0.2) is 0 Å². The van der Waals surface area contributed by atoms with Gasteiger partial charge in [-0.2, -0.15) is 5.10 Å². The molecule has 160 valence electrons. The maximum atomic E-state index is 12.2. The molecule has 0 fully saturated rings. The summed E-state index contributed by atoms with van der Waals surface area (Å²) in [5, 5.41) is 7.66. The zero-order valence-corrected chi connectivity index (χ0v) is 18.9. The lowest BCUT2D eigenvalue weighted by molar-refractivity contribution is -0.121. The summed E-state index contributed by atoms with van der Waals surface area (Å²) in [5.41, 5.74) is 3.14. The van der Waals surface area contributed by atoms with Gasteiger partial charge in [0.1, 0.15) is 0 Å². The van der Waals surface area contributed by atoms with Crippen LogP contribution in [0.25, 0.3) is 0 Å². The molecule has 2 rings (SSSR count). The van der Waals surface area contributed by atoms with Crippen molar-refractivity contribution in [3.05, 3.63) is 46.2 Å². The molecule has 2 aromatic rings. The quantitative estimate of drug-likeness (QED) is 0.555. The molecule has 7 nitrogen and oxygen atoms in total. The van der Waals surface area contributed by atoms with Crippen molar-refractivity contribution < 1.29 is 13.2 Å². The Morgan fingerprint density at radius 2 is 1.97 bits per heavy atom. The van der Waals surface area contributed by atoms with Crippen LogP contribution in [0.4, 0.5) is 0 Å². The smallest absolute Gasteiger partial charge is 0.240 e. The zero-order valence-electron chi connectivity index (χ0n) is 17.3. The second-order valence-corrected chi connectivity index (χ2v) is 9.63. The highest BCUT2D eigenvalue weighted by Gasteiger charge is 2.15. The summed E-state index contributed by atoms with van der Waals surface area (Å²) in [6.45, 7) is 9.44. The Morgan fingerprint density at radius 1 is 1.24 bits per heavy atom. The Kier molecular flexibility index (Phi) is 8.24. The molecule has 0 bridgehead atoms. The average Bonchev–Trinajstić information content (AvgIpc) is 2.89. The van der Waals surface area contributed by atoms with Crippen LogP contribution < -0.4 is 10.0 Å². The third kappa shape index (κ3) is 6.83. The fourth-order valence-corrected chi connectivity index (χ4v) is 4.38. The van der Waals surface area contributed by atoms with E-state index in [4.69, 9.17) is 11.6 Å². The van der Waals surface area contributed by atoms with Crippen LogP contribution in [0.2, 0.25) is 5.02 Å². The van der Waals surface area contributed by atoms with E-state index < -0.39 is 10.0 Å². The number of carbonyl (C=O) groups excluding carboxylic acids is 1. The minimum atomic E-state index is -3.65. The summed E-state index contributed by atoms with van der Waals surface area (Å²) in [6, 6.07) is 6.03. The summed E-state index contributed by atoms with van der Waals surface area (Å²) in [4.78, 5) is 12.2. The number of carbonyl (C=O) groups is 1. The first-order valence-corrected chi connectivity index (χ1v) is 11.5. The topological polar surface area (TPSA) is 93.1 Å². The molecule has 0 spiro atoms. The van der Waals surface area contributed by atoms with Gasteiger partial charge in [-0.15, -0.1) is 0 Å². The van der Waals surface area contributed by atoms with E-state index in [1.54, 1.807) is 12.1 Å². The minimum absolute atomic E-state index is 0.0979. The summed E-state index contributed by atoms with van der Waals surface area (Å²) < 4.78 is 28.9. The summed E-state index contributed by atoms with van der Waals surface area (Å²) >= 11 is 5.83. The molecule has 9 heteroatoms. The fourth-order valence-electron chi connectivity index (χ4n) is 3.05. The van der Waals surface area contributed by atoms with E-state index in [2.05, 4.69) is 29.0 Å². The summed E-state index contributed by atoms with van der Waals surface area (Å²) in [5.74, 6) is 0.377. The van der Waals surface area contributed by atoms with Gasteiger partial charge in [-0.25, -0.2) is 13.1 Å².